The molecule has 0 amide bonds. The van der Waals surface area contributed by atoms with E-state index in [9.17, 15) is 9.50 Å². The molecule has 0 bridgehead atoms. The van der Waals surface area contributed by atoms with Gasteiger partial charge in [-0.15, -0.1) is 0 Å². The summed E-state index contributed by atoms with van der Waals surface area (Å²) in [6, 6.07) is 13.2. The van der Waals surface area contributed by atoms with Crippen LogP contribution in [0.15, 0.2) is 52.3 Å². The van der Waals surface area contributed by atoms with E-state index in [4.69, 9.17) is 0 Å². The summed E-state index contributed by atoms with van der Waals surface area (Å²) < 4.78 is 13.9. The summed E-state index contributed by atoms with van der Waals surface area (Å²) in [6.07, 6.45) is -0.817. The quantitative estimate of drug-likeness (QED) is 0.827. The molecule has 2 aromatic carbocycles. The van der Waals surface area contributed by atoms with Crippen molar-refractivity contribution in [1.82, 2.24) is 0 Å². The van der Waals surface area contributed by atoms with Gasteiger partial charge in [0.25, 0.3) is 0 Å². The number of aliphatic hydroxyl groups excluding tert-OH is 1. The Balaban J connectivity index is 2.29. The standard InChI is InChI=1S/C18H21FOS/c1-12(20)17-15(19)6-5-7-16(17)21-14-10-8-13(9-11-14)18(2,3)4/h5-12,20H,1-4H3/t12-/m0/s1. The molecular formula is C18H21FOS. The number of hydrogen-bond donors (Lipinski definition) is 1. The average molecular weight is 304 g/mol. The Morgan fingerprint density at radius 3 is 2.19 bits per heavy atom. The highest BCUT2D eigenvalue weighted by atomic mass is 32.2. The van der Waals surface area contributed by atoms with Gasteiger partial charge in [0.2, 0.25) is 0 Å². The Labute approximate surface area is 130 Å². The monoisotopic (exact) mass is 304 g/mol. The molecule has 0 saturated carbocycles. The molecule has 0 aliphatic heterocycles. The first-order valence-electron chi connectivity index (χ1n) is 7.04. The molecule has 0 saturated heterocycles. The van der Waals surface area contributed by atoms with E-state index in [0.29, 0.717) is 5.56 Å². The van der Waals surface area contributed by atoms with Gasteiger partial charge in [-0.05, 0) is 42.2 Å². The van der Waals surface area contributed by atoms with Crippen LogP contribution in [-0.4, -0.2) is 5.11 Å². The van der Waals surface area contributed by atoms with Crippen molar-refractivity contribution in [1.29, 1.82) is 0 Å². The number of halogens is 1. The molecule has 0 aliphatic carbocycles. The molecule has 112 valence electrons. The molecule has 0 radical (unpaired) electrons. The minimum absolute atomic E-state index is 0.118. The highest BCUT2D eigenvalue weighted by molar-refractivity contribution is 7.99. The van der Waals surface area contributed by atoms with Crippen molar-refractivity contribution in [3.8, 4) is 0 Å². The Morgan fingerprint density at radius 2 is 1.67 bits per heavy atom. The first-order chi connectivity index (χ1) is 9.79. The van der Waals surface area contributed by atoms with E-state index in [1.807, 2.05) is 18.2 Å². The van der Waals surface area contributed by atoms with E-state index in [1.54, 1.807) is 13.0 Å². The van der Waals surface area contributed by atoms with Gasteiger partial charge in [-0.3, -0.25) is 0 Å². The van der Waals surface area contributed by atoms with E-state index < -0.39 is 6.10 Å². The van der Waals surface area contributed by atoms with Crippen molar-refractivity contribution in [3.05, 3.63) is 59.4 Å². The third kappa shape index (κ3) is 3.86. The summed E-state index contributed by atoms with van der Waals surface area (Å²) in [7, 11) is 0. The summed E-state index contributed by atoms with van der Waals surface area (Å²) in [5.41, 5.74) is 1.75. The molecule has 1 nitrogen and oxygen atoms in total. The lowest BCUT2D eigenvalue weighted by Gasteiger charge is -2.19. The zero-order chi connectivity index (χ0) is 15.6. The molecule has 0 fully saturated rings. The molecule has 2 aromatic rings. The lowest BCUT2D eigenvalue weighted by Crippen LogP contribution is -2.10. The Morgan fingerprint density at radius 1 is 1.05 bits per heavy atom. The Kier molecular flexibility index (Phi) is 4.74. The van der Waals surface area contributed by atoms with E-state index in [1.165, 1.54) is 23.4 Å². The van der Waals surface area contributed by atoms with Crippen LogP contribution < -0.4 is 0 Å². The van der Waals surface area contributed by atoms with Crippen LogP contribution in [0.4, 0.5) is 4.39 Å². The molecule has 1 N–H and O–H groups in total. The summed E-state index contributed by atoms with van der Waals surface area (Å²) >= 11 is 1.48. The van der Waals surface area contributed by atoms with Gasteiger partial charge in [0.05, 0.1) is 6.10 Å². The van der Waals surface area contributed by atoms with Crippen LogP contribution in [0.1, 0.15) is 44.9 Å². The molecule has 0 aliphatic rings. The second kappa shape index (κ2) is 6.20. The average Bonchev–Trinajstić information content (AvgIpc) is 2.38. The molecule has 2 rings (SSSR count). The molecule has 0 unspecified atom stereocenters. The minimum Gasteiger partial charge on any atom is -0.389 e. The van der Waals surface area contributed by atoms with Crippen LogP contribution in [-0.2, 0) is 5.41 Å². The van der Waals surface area contributed by atoms with Gasteiger partial charge in [0.15, 0.2) is 0 Å². The highest BCUT2D eigenvalue weighted by Gasteiger charge is 2.16. The maximum Gasteiger partial charge on any atom is 0.130 e. The first kappa shape index (κ1) is 16.1. The molecule has 21 heavy (non-hydrogen) atoms. The maximum absolute atomic E-state index is 13.9. The molecule has 3 heteroatoms. The lowest BCUT2D eigenvalue weighted by molar-refractivity contribution is 0.191. The fourth-order valence-electron chi connectivity index (χ4n) is 2.16. The van der Waals surface area contributed by atoms with Crippen LogP contribution in [0.25, 0.3) is 0 Å². The fraction of sp³-hybridized carbons (Fsp3) is 0.333. The Bertz CT molecular complexity index is 612. The summed E-state index contributed by atoms with van der Waals surface area (Å²) in [5, 5.41) is 9.76. The first-order valence-corrected chi connectivity index (χ1v) is 7.85. The van der Waals surface area contributed by atoms with Gasteiger partial charge >= 0.3 is 0 Å². The number of rotatable bonds is 3. The maximum atomic E-state index is 13.9. The smallest absolute Gasteiger partial charge is 0.130 e. The summed E-state index contributed by atoms with van der Waals surface area (Å²) in [5.74, 6) is -0.360. The van der Waals surface area contributed by atoms with E-state index in [-0.39, 0.29) is 11.2 Å². The third-order valence-electron chi connectivity index (χ3n) is 3.38. The summed E-state index contributed by atoms with van der Waals surface area (Å²) in [4.78, 5) is 1.80. The van der Waals surface area contributed by atoms with Gasteiger partial charge in [-0.2, -0.15) is 0 Å². The van der Waals surface area contributed by atoms with Gasteiger partial charge in [0, 0.05) is 15.4 Å². The Hall–Kier alpha value is -1.32. The van der Waals surface area contributed by atoms with Gasteiger partial charge in [-0.1, -0.05) is 50.7 Å². The zero-order valence-corrected chi connectivity index (χ0v) is 13.7. The SMILES string of the molecule is C[C@H](O)c1c(F)cccc1Sc1ccc(C(C)(C)C)cc1. The van der Waals surface area contributed by atoms with Crippen molar-refractivity contribution in [2.75, 3.05) is 0 Å². The molecule has 0 aromatic heterocycles. The zero-order valence-electron chi connectivity index (χ0n) is 12.9. The summed E-state index contributed by atoms with van der Waals surface area (Å²) in [6.45, 7) is 8.11. The van der Waals surface area contributed by atoms with Crippen molar-refractivity contribution in [2.24, 2.45) is 0 Å². The molecule has 0 spiro atoms. The number of benzene rings is 2. The van der Waals surface area contributed by atoms with Crippen molar-refractivity contribution in [3.63, 3.8) is 0 Å². The van der Waals surface area contributed by atoms with Gasteiger partial charge < -0.3 is 5.11 Å². The topological polar surface area (TPSA) is 20.2 Å². The second-order valence-electron chi connectivity index (χ2n) is 6.20. The predicted molar refractivity (Wildman–Crippen MR) is 86.3 cm³/mol. The van der Waals surface area contributed by atoms with Crippen LogP contribution in [0.5, 0.6) is 0 Å². The fourth-order valence-corrected chi connectivity index (χ4v) is 3.21. The third-order valence-corrected chi connectivity index (χ3v) is 4.46. The largest absolute Gasteiger partial charge is 0.389 e. The predicted octanol–water partition coefficient (Wildman–Crippen LogP) is 5.33. The lowest BCUT2D eigenvalue weighted by atomic mass is 9.87. The normalized spacial score (nSPS) is 13.2. The number of aliphatic hydroxyl groups is 1. The van der Waals surface area contributed by atoms with E-state index in [2.05, 4.69) is 32.9 Å². The minimum atomic E-state index is -0.817. The highest BCUT2D eigenvalue weighted by Crippen LogP contribution is 2.35. The molecule has 1 atom stereocenters. The van der Waals surface area contributed by atoms with Gasteiger partial charge in [0.1, 0.15) is 5.82 Å². The van der Waals surface area contributed by atoms with Crippen LogP contribution >= 0.6 is 11.8 Å². The second-order valence-corrected chi connectivity index (χ2v) is 7.32. The van der Waals surface area contributed by atoms with Crippen molar-refractivity contribution >= 4 is 11.8 Å². The van der Waals surface area contributed by atoms with Crippen molar-refractivity contribution in [2.45, 2.75) is 49.0 Å². The van der Waals surface area contributed by atoms with E-state index in [0.717, 1.165) is 9.79 Å². The van der Waals surface area contributed by atoms with Gasteiger partial charge in [-0.25, -0.2) is 4.39 Å². The van der Waals surface area contributed by atoms with Crippen LogP contribution in [0.2, 0.25) is 0 Å². The number of hydrogen-bond acceptors (Lipinski definition) is 2. The van der Waals surface area contributed by atoms with Crippen LogP contribution in [0.3, 0.4) is 0 Å². The van der Waals surface area contributed by atoms with Crippen LogP contribution in [0, 0.1) is 5.82 Å². The van der Waals surface area contributed by atoms with Crippen molar-refractivity contribution < 1.29 is 9.50 Å². The molecular weight excluding hydrogens is 283 g/mol. The molecule has 0 heterocycles. The van der Waals surface area contributed by atoms with E-state index >= 15 is 0 Å².